The summed E-state index contributed by atoms with van der Waals surface area (Å²) >= 11 is 0. The first-order valence-corrected chi connectivity index (χ1v) is 5.81. The van der Waals surface area contributed by atoms with Crippen LogP contribution in [0.3, 0.4) is 0 Å². The number of carbonyl (C=O) groups is 3. The van der Waals surface area contributed by atoms with Crippen LogP contribution in [0.4, 0.5) is 0 Å². The van der Waals surface area contributed by atoms with Gasteiger partial charge in [0.2, 0.25) is 0 Å². The van der Waals surface area contributed by atoms with Crippen LogP contribution in [0.2, 0.25) is 0 Å². The van der Waals surface area contributed by atoms with Gasteiger partial charge in [-0.1, -0.05) is 0 Å². The number of aliphatic carboxylic acids is 1. The molecule has 0 fully saturated rings. The second-order valence-corrected chi connectivity index (χ2v) is 4.13. The first-order chi connectivity index (χ1) is 8.36. The van der Waals surface area contributed by atoms with E-state index in [1.807, 2.05) is 0 Å². The molecule has 2 atom stereocenters. The van der Waals surface area contributed by atoms with Gasteiger partial charge in [-0.3, -0.25) is 4.79 Å². The Kier molecular flexibility index (Phi) is 7.94. The summed E-state index contributed by atoms with van der Waals surface area (Å²) in [7, 11) is 1.37. The lowest BCUT2D eigenvalue weighted by atomic mass is 10.1. The fraction of sp³-hybridized carbons (Fsp3) is 0.750. The Bertz CT molecular complexity index is 299. The average molecular weight is 260 g/mol. The molecule has 0 aromatic heterocycles. The summed E-state index contributed by atoms with van der Waals surface area (Å²) < 4.78 is 9.82. The lowest BCUT2D eigenvalue weighted by molar-refractivity contribution is -0.162. The molecular weight excluding hydrogens is 240 g/mol. The average Bonchev–Trinajstić information content (AvgIpc) is 2.26. The van der Waals surface area contributed by atoms with Gasteiger partial charge >= 0.3 is 11.9 Å². The van der Waals surface area contributed by atoms with Crippen molar-refractivity contribution in [1.29, 1.82) is 0 Å². The van der Waals surface area contributed by atoms with Gasteiger partial charge in [-0.2, -0.15) is 0 Å². The lowest BCUT2D eigenvalue weighted by Crippen LogP contribution is -2.29. The Morgan fingerprint density at radius 1 is 1.28 bits per heavy atom. The molecule has 2 unspecified atom stereocenters. The maximum atomic E-state index is 11.5. The number of methoxy groups -OCH3 is 1. The summed E-state index contributed by atoms with van der Waals surface area (Å²) in [6, 6.07) is 0. The lowest BCUT2D eigenvalue weighted by Gasteiger charge is -2.18. The largest absolute Gasteiger partial charge is 0.481 e. The monoisotopic (exact) mass is 260 g/mol. The van der Waals surface area contributed by atoms with Gasteiger partial charge in [0.25, 0.3) is 0 Å². The zero-order valence-corrected chi connectivity index (χ0v) is 11.0. The molecule has 0 saturated heterocycles. The van der Waals surface area contributed by atoms with Gasteiger partial charge < -0.3 is 19.4 Å². The molecule has 0 heterocycles. The van der Waals surface area contributed by atoms with E-state index in [1.165, 1.54) is 21.0 Å². The third-order valence-corrected chi connectivity index (χ3v) is 2.43. The third kappa shape index (κ3) is 7.78. The van der Waals surface area contributed by atoms with Crippen LogP contribution in [0.1, 0.15) is 39.5 Å². The Hall–Kier alpha value is -1.43. The van der Waals surface area contributed by atoms with Crippen LogP contribution in [-0.4, -0.2) is 42.1 Å². The minimum Gasteiger partial charge on any atom is -0.481 e. The standard InChI is InChI=1S/C12H20O6/c1-8(13)5-4-6-10(7-11(14)15)18-12(16)9(2)17-3/h9-10H,4-7H2,1-3H3,(H,14,15). The second-order valence-electron chi connectivity index (χ2n) is 4.13. The van der Waals surface area contributed by atoms with Crippen molar-refractivity contribution < 1.29 is 29.0 Å². The van der Waals surface area contributed by atoms with Crippen LogP contribution in [0.25, 0.3) is 0 Å². The summed E-state index contributed by atoms with van der Waals surface area (Å²) in [4.78, 5) is 32.9. The van der Waals surface area contributed by atoms with Crippen molar-refractivity contribution in [3.8, 4) is 0 Å². The Morgan fingerprint density at radius 2 is 1.89 bits per heavy atom. The van der Waals surface area contributed by atoms with Gasteiger partial charge in [0.15, 0.2) is 6.10 Å². The van der Waals surface area contributed by atoms with E-state index in [1.54, 1.807) is 0 Å². The van der Waals surface area contributed by atoms with Crippen LogP contribution >= 0.6 is 0 Å². The molecule has 0 aromatic carbocycles. The molecule has 104 valence electrons. The van der Waals surface area contributed by atoms with Crippen molar-refractivity contribution in [2.45, 2.75) is 51.7 Å². The number of carboxylic acids is 1. The molecule has 6 heteroatoms. The number of rotatable bonds is 9. The number of Topliss-reactive ketones (excluding diaryl/α,β-unsaturated/α-hetero) is 1. The van der Waals surface area contributed by atoms with E-state index >= 15 is 0 Å². The molecule has 18 heavy (non-hydrogen) atoms. The molecule has 1 N–H and O–H groups in total. The summed E-state index contributed by atoms with van der Waals surface area (Å²) in [5.41, 5.74) is 0. The fourth-order valence-electron chi connectivity index (χ4n) is 1.33. The predicted octanol–water partition coefficient (Wildman–Crippen LogP) is 1.17. The summed E-state index contributed by atoms with van der Waals surface area (Å²) in [5.74, 6) is -1.60. The fourth-order valence-corrected chi connectivity index (χ4v) is 1.33. The van der Waals surface area contributed by atoms with Crippen molar-refractivity contribution >= 4 is 17.7 Å². The topological polar surface area (TPSA) is 89.9 Å². The Morgan fingerprint density at radius 3 is 2.33 bits per heavy atom. The van der Waals surface area contributed by atoms with Crippen LogP contribution in [0.15, 0.2) is 0 Å². The second kappa shape index (κ2) is 8.63. The smallest absolute Gasteiger partial charge is 0.335 e. The Labute approximate surface area is 106 Å². The zero-order valence-electron chi connectivity index (χ0n) is 11.0. The highest BCUT2D eigenvalue weighted by Gasteiger charge is 2.21. The summed E-state index contributed by atoms with van der Waals surface area (Å²) in [6.45, 7) is 2.99. The highest BCUT2D eigenvalue weighted by Crippen LogP contribution is 2.11. The van der Waals surface area contributed by atoms with Gasteiger partial charge in [-0.15, -0.1) is 0 Å². The minimum atomic E-state index is -1.04. The van der Waals surface area contributed by atoms with Crippen molar-refractivity contribution in [1.82, 2.24) is 0 Å². The third-order valence-electron chi connectivity index (χ3n) is 2.43. The first-order valence-electron chi connectivity index (χ1n) is 5.81. The molecular formula is C12H20O6. The van der Waals surface area contributed by atoms with Crippen LogP contribution < -0.4 is 0 Å². The van der Waals surface area contributed by atoms with E-state index in [4.69, 9.17) is 14.6 Å². The van der Waals surface area contributed by atoms with Gasteiger partial charge in [0, 0.05) is 13.5 Å². The zero-order chi connectivity index (χ0) is 14.1. The maximum Gasteiger partial charge on any atom is 0.335 e. The molecule has 0 rings (SSSR count). The molecule has 0 saturated carbocycles. The number of hydrogen-bond acceptors (Lipinski definition) is 5. The van der Waals surface area contributed by atoms with E-state index in [0.29, 0.717) is 19.3 Å². The van der Waals surface area contributed by atoms with Gasteiger partial charge in [0.05, 0.1) is 6.42 Å². The normalized spacial score (nSPS) is 13.7. The summed E-state index contributed by atoms with van der Waals surface area (Å²) in [5, 5.41) is 8.71. The number of carbonyl (C=O) groups excluding carboxylic acids is 2. The molecule has 0 aliphatic carbocycles. The number of ether oxygens (including phenoxy) is 2. The maximum absolute atomic E-state index is 11.5. The molecule has 0 aromatic rings. The van der Waals surface area contributed by atoms with Gasteiger partial charge in [0.1, 0.15) is 11.9 Å². The highest BCUT2D eigenvalue weighted by molar-refractivity contribution is 5.76. The molecule has 0 spiro atoms. The number of carboxylic acid groups (broad SMARTS) is 1. The molecule has 6 nitrogen and oxygen atoms in total. The quantitative estimate of drug-likeness (QED) is 0.626. The molecule has 0 bridgehead atoms. The van der Waals surface area contributed by atoms with Crippen LogP contribution in [0, 0.1) is 0 Å². The highest BCUT2D eigenvalue weighted by atomic mass is 16.6. The van der Waals surface area contributed by atoms with Crippen molar-refractivity contribution in [2.75, 3.05) is 7.11 Å². The van der Waals surface area contributed by atoms with Gasteiger partial charge in [-0.25, -0.2) is 4.79 Å². The van der Waals surface area contributed by atoms with Crippen LogP contribution in [-0.2, 0) is 23.9 Å². The molecule has 0 aliphatic heterocycles. The number of hydrogen-bond donors (Lipinski definition) is 1. The van der Waals surface area contributed by atoms with E-state index in [-0.39, 0.29) is 12.2 Å². The molecule has 0 amide bonds. The van der Waals surface area contributed by atoms with Crippen LogP contribution in [0.5, 0.6) is 0 Å². The van der Waals surface area contributed by atoms with Crippen molar-refractivity contribution in [3.05, 3.63) is 0 Å². The van der Waals surface area contributed by atoms with E-state index < -0.39 is 24.1 Å². The first kappa shape index (κ1) is 16.6. The van der Waals surface area contributed by atoms with Gasteiger partial charge in [-0.05, 0) is 26.7 Å². The molecule has 0 radical (unpaired) electrons. The number of ketones is 1. The van der Waals surface area contributed by atoms with Crippen molar-refractivity contribution in [2.24, 2.45) is 0 Å². The SMILES string of the molecule is COC(C)C(=O)OC(CCCC(C)=O)CC(=O)O. The molecule has 0 aliphatic rings. The van der Waals surface area contributed by atoms with E-state index in [9.17, 15) is 14.4 Å². The van der Waals surface area contributed by atoms with E-state index in [2.05, 4.69) is 0 Å². The summed E-state index contributed by atoms with van der Waals surface area (Å²) in [6.07, 6.45) is -0.495. The van der Waals surface area contributed by atoms with E-state index in [0.717, 1.165) is 0 Å². The number of esters is 1. The van der Waals surface area contributed by atoms with Crippen molar-refractivity contribution in [3.63, 3.8) is 0 Å². The Balaban J connectivity index is 4.26. The predicted molar refractivity (Wildman–Crippen MR) is 63.1 cm³/mol. The minimum absolute atomic E-state index is 0.0284.